The molecule has 0 heterocycles. The van der Waals surface area contributed by atoms with Crippen molar-refractivity contribution in [3.05, 3.63) is 35.9 Å². The molecule has 0 saturated carbocycles. The van der Waals surface area contributed by atoms with Crippen molar-refractivity contribution in [3.63, 3.8) is 0 Å². The SMILES string of the molecule is CC(C)C[C@@H](NS(=O)(=O)CCOCc1ccccc1)C(=O)O. The van der Waals surface area contributed by atoms with Crippen LogP contribution in [0, 0.1) is 5.92 Å². The summed E-state index contributed by atoms with van der Waals surface area (Å²) < 4.78 is 31.3. The van der Waals surface area contributed by atoms with Crippen LogP contribution in [0.5, 0.6) is 0 Å². The normalized spacial score (nSPS) is 13.2. The number of carboxylic acid groups (broad SMARTS) is 1. The summed E-state index contributed by atoms with van der Waals surface area (Å²) in [4.78, 5) is 11.1. The van der Waals surface area contributed by atoms with E-state index in [0.29, 0.717) is 6.61 Å². The Kier molecular flexibility index (Phi) is 7.50. The average Bonchev–Trinajstić information content (AvgIpc) is 2.43. The van der Waals surface area contributed by atoms with Gasteiger partial charge in [-0.3, -0.25) is 4.79 Å². The molecule has 0 bridgehead atoms. The number of hydrogen-bond acceptors (Lipinski definition) is 4. The smallest absolute Gasteiger partial charge is 0.321 e. The summed E-state index contributed by atoms with van der Waals surface area (Å²) in [5.41, 5.74) is 0.955. The van der Waals surface area contributed by atoms with Crippen molar-refractivity contribution in [1.29, 1.82) is 0 Å². The molecule has 0 aliphatic rings. The summed E-state index contributed by atoms with van der Waals surface area (Å²) in [6.45, 7) is 4.02. The van der Waals surface area contributed by atoms with Gasteiger partial charge in [0, 0.05) is 0 Å². The Morgan fingerprint density at radius 3 is 2.45 bits per heavy atom. The summed E-state index contributed by atoms with van der Waals surface area (Å²) >= 11 is 0. The molecule has 1 aromatic rings. The maximum absolute atomic E-state index is 11.9. The number of aliphatic carboxylic acids is 1. The first-order valence-corrected chi connectivity index (χ1v) is 8.80. The number of carboxylic acids is 1. The quantitative estimate of drug-likeness (QED) is 0.636. The molecule has 124 valence electrons. The lowest BCUT2D eigenvalue weighted by atomic mass is 10.1. The zero-order chi connectivity index (χ0) is 16.6. The van der Waals surface area contributed by atoms with E-state index in [1.54, 1.807) is 0 Å². The van der Waals surface area contributed by atoms with E-state index in [1.807, 2.05) is 44.2 Å². The zero-order valence-electron chi connectivity index (χ0n) is 12.9. The second-order valence-corrected chi connectivity index (χ2v) is 7.37. The van der Waals surface area contributed by atoms with E-state index in [-0.39, 0.29) is 24.7 Å². The van der Waals surface area contributed by atoms with Gasteiger partial charge < -0.3 is 9.84 Å². The van der Waals surface area contributed by atoms with Gasteiger partial charge in [0.1, 0.15) is 6.04 Å². The van der Waals surface area contributed by atoms with Crippen LogP contribution < -0.4 is 4.72 Å². The topological polar surface area (TPSA) is 92.7 Å². The van der Waals surface area contributed by atoms with Crippen molar-refractivity contribution < 1.29 is 23.1 Å². The van der Waals surface area contributed by atoms with Gasteiger partial charge in [0.25, 0.3) is 0 Å². The van der Waals surface area contributed by atoms with Crippen LogP contribution in [0.15, 0.2) is 30.3 Å². The predicted molar refractivity (Wildman–Crippen MR) is 83.9 cm³/mol. The molecule has 0 unspecified atom stereocenters. The minimum Gasteiger partial charge on any atom is -0.480 e. The molecular weight excluding hydrogens is 306 g/mol. The number of hydrogen-bond donors (Lipinski definition) is 2. The van der Waals surface area contributed by atoms with Crippen molar-refractivity contribution in [3.8, 4) is 0 Å². The van der Waals surface area contributed by atoms with Crippen LogP contribution in [0.1, 0.15) is 25.8 Å². The van der Waals surface area contributed by atoms with Crippen molar-refractivity contribution >= 4 is 16.0 Å². The van der Waals surface area contributed by atoms with Gasteiger partial charge >= 0.3 is 5.97 Å². The maximum atomic E-state index is 11.9. The van der Waals surface area contributed by atoms with Crippen LogP contribution in [-0.4, -0.2) is 37.9 Å². The number of carbonyl (C=O) groups is 1. The first-order chi connectivity index (χ1) is 10.3. The Bertz CT molecular complexity index is 557. The third-order valence-electron chi connectivity index (χ3n) is 2.93. The van der Waals surface area contributed by atoms with Gasteiger partial charge in [-0.1, -0.05) is 44.2 Å². The highest BCUT2D eigenvalue weighted by Crippen LogP contribution is 2.07. The number of sulfonamides is 1. The van der Waals surface area contributed by atoms with Crippen molar-refractivity contribution in [2.75, 3.05) is 12.4 Å². The minimum atomic E-state index is -3.68. The van der Waals surface area contributed by atoms with Crippen LogP contribution >= 0.6 is 0 Å². The maximum Gasteiger partial charge on any atom is 0.321 e. The molecule has 6 nitrogen and oxygen atoms in total. The average molecular weight is 329 g/mol. The number of rotatable bonds is 10. The Labute approximate surface area is 131 Å². The third kappa shape index (κ3) is 7.53. The second-order valence-electron chi connectivity index (χ2n) is 5.50. The molecular formula is C15H23NO5S. The minimum absolute atomic E-state index is 0.0121. The standard InChI is InChI=1S/C15H23NO5S/c1-12(2)10-14(15(17)18)16-22(19,20)9-8-21-11-13-6-4-3-5-7-13/h3-7,12,14,16H,8-11H2,1-2H3,(H,17,18)/t14-/m1/s1. The molecule has 1 atom stereocenters. The van der Waals surface area contributed by atoms with E-state index in [4.69, 9.17) is 9.84 Å². The van der Waals surface area contributed by atoms with Crippen LogP contribution in [0.3, 0.4) is 0 Å². The highest BCUT2D eigenvalue weighted by atomic mass is 32.2. The molecule has 0 saturated heterocycles. The Hall–Kier alpha value is -1.44. The van der Waals surface area contributed by atoms with Gasteiger partial charge in [0.2, 0.25) is 10.0 Å². The van der Waals surface area contributed by atoms with Crippen LogP contribution in [0.2, 0.25) is 0 Å². The first kappa shape index (κ1) is 18.6. The molecule has 0 fully saturated rings. The highest BCUT2D eigenvalue weighted by Gasteiger charge is 2.24. The molecule has 22 heavy (non-hydrogen) atoms. The van der Waals surface area contributed by atoms with E-state index in [2.05, 4.69) is 4.72 Å². The third-order valence-corrected chi connectivity index (χ3v) is 4.28. The largest absolute Gasteiger partial charge is 0.480 e. The van der Waals surface area contributed by atoms with E-state index < -0.39 is 22.0 Å². The summed E-state index contributed by atoms with van der Waals surface area (Å²) in [5, 5.41) is 9.05. The van der Waals surface area contributed by atoms with E-state index in [0.717, 1.165) is 5.56 Å². The lowest BCUT2D eigenvalue weighted by Gasteiger charge is -2.16. The van der Waals surface area contributed by atoms with Gasteiger partial charge in [-0.2, -0.15) is 0 Å². The molecule has 2 N–H and O–H groups in total. The monoisotopic (exact) mass is 329 g/mol. The summed E-state index contributed by atoms with van der Waals surface area (Å²) in [6.07, 6.45) is 0.249. The molecule has 0 amide bonds. The molecule has 7 heteroatoms. The Morgan fingerprint density at radius 2 is 1.91 bits per heavy atom. The molecule has 1 aromatic carbocycles. The lowest BCUT2D eigenvalue weighted by Crippen LogP contribution is -2.43. The van der Waals surface area contributed by atoms with Gasteiger partial charge in [0.15, 0.2) is 0 Å². The molecule has 0 aliphatic heterocycles. The second kappa shape index (κ2) is 8.87. The zero-order valence-corrected chi connectivity index (χ0v) is 13.7. The van der Waals surface area contributed by atoms with Crippen molar-refractivity contribution in [2.24, 2.45) is 5.92 Å². The summed E-state index contributed by atoms with van der Waals surface area (Å²) in [5.74, 6) is -1.34. The van der Waals surface area contributed by atoms with Crippen LogP contribution in [0.25, 0.3) is 0 Å². The van der Waals surface area contributed by atoms with Gasteiger partial charge in [0.05, 0.1) is 19.0 Å². The molecule has 1 rings (SSSR count). The van der Waals surface area contributed by atoms with E-state index >= 15 is 0 Å². The number of nitrogens with one attached hydrogen (secondary N) is 1. The van der Waals surface area contributed by atoms with E-state index in [9.17, 15) is 13.2 Å². The first-order valence-electron chi connectivity index (χ1n) is 7.14. The number of ether oxygens (including phenoxy) is 1. The van der Waals surface area contributed by atoms with Gasteiger partial charge in [-0.15, -0.1) is 0 Å². The summed E-state index contributed by atoms with van der Waals surface area (Å²) in [6, 6.07) is 8.31. The van der Waals surface area contributed by atoms with Crippen LogP contribution in [0.4, 0.5) is 0 Å². The fraction of sp³-hybridized carbons (Fsp3) is 0.533. The summed E-state index contributed by atoms with van der Waals surface area (Å²) in [7, 11) is -3.68. The molecule has 0 radical (unpaired) electrons. The highest BCUT2D eigenvalue weighted by molar-refractivity contribution is 7.89. The van der Waals surface area contributed by atoms with E-state index in [1.165, 1.54) is 0 Å². The lowest BCUT2D eigenvalue weighted by molar-refractivity contribution is -0.139. The molecule has 0 aromatic heterocycles. The molecule has 0 aliphatic carbocycles. The van der Waals surface area contributed by atoms with Gasteiger partial charge in [-0.25, -0.2) is 13.1 Å². The number of benzene rings is 1. The Morgan fingerprint density at radius 1 is 1.27 bits per heavy atom. The van der Waals surface area contributed by atoms with Crippen molar-refractivity contribution in [2.45, 2.75) is 32.9 Å². The van der Waals surface area contributed by atoms with Crippen LogP contribution in [-0.2, 0) is 26.2 Å². The van der Waals surface area contributed by atoms with Gasteiger partial charge in [-0.05, 0) is 17.9 Å². The molecule has 0 spiro atoms. The fourth-order valence-electron chi connectivity index (χ4n) is 1.88. The fourth-order valence-corrected chi connectivity index (χ4v) is 2.96. The Balaban J connectivity index is 2.41. The van der Waals surface area contributed by atoms with Crippen molar-refractivity contribution in [1.82, 2.24) is 4.72 Å². The predicted octanol–water partition coefficient (Wildman–Crippen LogP) is 1.62.